The van der Waals surface area contributed by atoms with Gasteiger partial charge in [0.15, 0.2) is 0 Å². The van der Waals surface area contributed by atoms with Crippen molar-refractivity contribution in [1.82, 2.24) is 5.32 Å². The van der Waals surface area contributed by atoms with Gasteiger partial charge < -0.3 is 10.1 Å². The molecule has 1 unspecified atom stereocenters. The van der Waals surface area contributed by atoms with Crippen LogP contribution in [0.5, 0.6) is 5.75 Å². The summed E-state index contributed by atoms with van der Waals surface area (Å²) in [4.78, 5) is 27.0. The number of nitrogens with zero attached hydrogens (tertiary/aromatic N) is 1. The molecule has 1 heterocycles. The molecule has 1 atom stereocenters. The summed E-state index contributed by atoms with van der Waals surface area (Å²) in [6.45, 7) is 1.75. The molecule has 5 heteroatoms. The molecule has 1 aliphatic heterocycles. The topological polar surface area (TPSA) is 58.6 Å². The minimum atomic E-state index is -0.718. The number of nitrogens with one attached hydrogen (secondary N) is 1. The lowest BCUT2D eigenvalue weighted by Crippen LogP contribution is -2.69. The molecule has 5 nitrogen and oxygen atoms in total. The first-order valence-electron chi connectivity index (χ1n) is 7.38. The van der Waals surface area contributed by atoms with Crippen LogP contribution in [-0.2, 0) is 9.59 Å². The Morgan fingerprint density at radius 3 is 2.57 bits per heavy atom. The number of carbonyl (C=O) groups excluding carboxylic acids is 2. The molecule has 2 fully saturated rings. The molecule has 0 bridgehead atoms. The molecule has 1 spiro atoms. The third-order valence-corrected chi connectivity index (χ3v) is 4.56. The van der Waals surface area contributed by atoms with E-state index in [0.717, 1.165) is 25.7 Å². The number of hydrogen-bond acceptors (Lipinski definition) is 3. The average molecular weight is 288 g/mol. The minimum absolute atomic E-state index is 0.0170. The van der Waals surface area contributed by atoms with Crippen LogP contribution in [0.4, 0.5) is 5.69 Å². The Balaban J connectivity index is 2.06. The zero-order valence-electron chi connectivity index (χ0n) is 12.4. The van der Waals surface area contributed by atoms with E-state index in [0.29, 0.717) is 11.4 Å². The summed E-state index contributed by atoms with van der Waals surface area (Å²) in [6.07, 6.45) is 3.38. The predicted molar refractivity (Wildman–Crippen MR) is 79.3 cm³/mol. The van der Waals surface area contributed by atoms with E-state index in [4.69, 9.17) is 4.74 Å². The van der Waals surface area contributed by atoms with Crippen LogP contribution in [0.3, 0.4) is 0 Å². The number of ether oxygens (including phenoxy) is 1. The number of benzene rings is 1. The van der Waals surface area contributed by atoms with Gasteiger partial charge in [0.2, 0.25) is 5.91 Å². The summed E-state index contributed by atoms with van der Waals surface area (Å²) >= 11 is 0. The SMILES string of the molecule is COc1ccccc1N1C(=O)C2(CCCC2)NC(=O)C1C. The van der Waals surface area contributed by atoms with Crippen molar-refractivity contribution in [3.63, 3.8) is 0 Å². The van der Waals surface area contributed by atoms with Crippen LogP contribution < -0.4 is 15.0 Å². The molecular weight excluding hydrogens is 268 g/mol. The van der Waals surface area contributed by atoms with E-state index in [1.54, 1.807) is 18.9 Å². The summed E-state index contributed by atoms with van der Waals surface area (Å²) in [5.74, 6) is 0.500. The van der Waals surface area contributed by atoms with E-state index in [-0.39, 0.29) is 11.8 Å². The van der Waals surface area contributed by atoms with Crippen LogP contribution in [0, 0.1) is 0 Å². The Labute approximate surface area is 124 Å². The van der Waals surface area contributed by atoms with Crippen LogP contribution in [0.2, 0.25) is 0 Å². The van der Waals surface area contributed by atoms with Gasteiger partial charge in [0.1, 0.15) is 17.3 Å². The Morgan fingerprint density at radius 1 is 1.24 bits per heavy atom. The second kappa shape index (κ2) is 5.06. The quantitative estimate of drug-likeness (QED) is 0.903. The van der Waals surface area contributed by atoms with E-state index >= 15 is 0 Å². The molecule has 1 aliphatic carbocycles. The van der Waals surface area contributed by atoms with Crippen molar-refractivity contribution in [2.45, 2.75) is 44.2 Å². The standard InChI is InChI=1S/C16H20N2O3/c1-11-14(19)17-16(9-5-6-10-16)15(20)18(11)12-7-3-4-8-13(12)21-2/h3-4,7-8,11H,5-6,9-10H2,1-2H3,(H,17,19). The highest BCUT2D eigenvalue weighted by Gasteiger charge is 2.51. The lowest BCUT2D eigenvalue weighted by Gasteiger charge is -2.43. The van der Waals surface area contributed by atoms with Crippen molar-refractivity contribution in [3.05, 3.63) is 24.3 Å². The molecule has 2 aliphatic rings. The zero-order valence-corrected chi connectivity index (χ0v) is 12.4. The van der Waals surface area contributed by atoms with Crippen molar-refractivity contribution in [3.8, 4) is 5.75 Å². The Kier molecular flexibility index (Phi) is 3.35. The van der Waals surface area contributed by atoms with Gasteiger partial charge in [0, 0.05) is 0 Å². The molecule has 1 saturated heterocycles. The van der Waals surface area contributed by atoms with E-state index in [1.807, 2.05) is 24.3 Å². The zero-order chi connectivity index (χ0) is 15.0. The number of amides is 2. The minimum Gasteiger partial charge on any atom is -0.495 e. The van der Waals surface area contributed by atoms with E-state index in [2.05, 4.69) is 5.32 Å². The summed E-state index contributed by atoms with van der Waals surface area (Å²) in [5.41, 5.74) is -0.0524. The lowest BCUT2D eigenvalue weighted by molar-refractivity contribution is -0.137. The highest BCUT2D eigenvalue weighted by Crippen LogP contribution is 2.39. The number of anilines is 1. The number of para-hydroxylation sites is 2. The normalized spacial score (nSPS) is 24.3. The van der Waals surface area contributed by atoms with Crippen molar-refractivity contribution in [1.29, 1.82) is 0 Å². The number of rotatable bonds is 2. The third-order valence-electron chi connectivity index (χ3n) is 4.56. The first-order chi connectivity index (χ1) is 10.1. The van der Waals surface area contributed by atoms with Crippen molar-refractivity contribution < 1.29 is 14.3 Å². The van der Waals surface area contributed by atoms with Crippen LogP contribution in [0.25, 0.3) is 0 Å². The van der Waals surface area contributed by atoms with Crippen LogP contribution in [-0.4, -0.2) is 30.5 Å². The second-order valence-electron chi connectivity index (χ2n) is 5.80. The first-order valence-corrected chi connectivity index (χ1v) is 7.38. The van der Waals surface area contributed by atoms with E-state index < -0.39 is 11.6 Å². The molecule has 1 saturated carbocycles. The Bertz CT molecular complexity index is 579. The molecule has 21 heavy (non-hydrogen) atoms. The number of carbonyl (C=O) groups is 2. The van der Waals surface area contributed by atoms with E-state index in [1.165, 1.54) is 0 Å². The van der Waals surface area contributed by atoms with Gasteiger partial charge in [-0.05, 0) is 31.9 Å². The molecule has 1 N–H and O–H groups in total. The van der Waals surface area contributed by atoms with Gasteiger partial charge in [-0.3, -0.25) is 14.5 Å². The highest BCUT2D eigenvalue weighted by molar-refractivity contribution is 6.11. The second-order valence-corrected chi connectivity index (χ2v) is 5.80. The molecule has 2 amide bonds. The van der Waals surface area contributed by atoms with Crippen LogP contribution >= 0.6 is 0 Å². The summed E-state index contributed by atoms with van der Waals surface area (Å²) in [6, 6.07) is 6.82. The van der Waals surface area contributed by atoms with E-state index in [9.17, 15) is 9.59 Å². The average Bonchev–Trinajstić information content (AvgIpc) is 2.96. The molecule has 0 aromatic heterocycles. The molecule has 0 radical (unpaired) electrons. The number of piperazine rings is 1. The third kappa shape index (κ3) is 2.07. The molecule has 3 rings (SSSR count). The maximum absolute atomic E-state index is 13.0. The maximum Gasteiger partial charge on any atom is 0.253 e. The number of methoxy groups -OCH3 is 1. The van der Waals surface area contributed by atoms with Crippen molar-refractivity contribution in [2.24, 2.45) is 0 Å². The largest absolute Gasteiger partial charge is 0.495 e. The van der Waals surface area contributed by atoms with Gasteiger partial charge >= 0.3 is 0 Å². The van der Waals surface area contributed by atoms with Crippen molar-refractivity contribution in [2.75, 3.05) is 12.0 Å². The van der Waals surface area contributed by atoms with Gasteiger partial charge in [-0.15, -0.1) is 0 Å². The first kappa shape index (κ1) is 13.9. The monoisotopic (exact) mass is 288 g/mol. The molecular formula is C16H20N2O3. The maximum atomic E-state index is 13.0. The molecule has 1 aromatic rings. The van der Waals surface area contributed by atoms with Gasteiger partial charge in [0.25, 0.3) is 5.91 Å². The fraction of sp³-hybridized carbons (Fsp3) is 0.500. The smallest absolute Gasteiger partial charge is 0.253 e. The summed E-state index contributed by atoms with van der Waals surface area (Å²) in [7, 11) is 1.57. The van der Waals surface area contributed by atoms with Crippen LogP contribution in [0.15, 0.2) is 24.3 Å². The van der Waals surface area contributed by atoms with Gasteiger partial charge in [-0.1, -0.05) is 25.0 Å². The fourth-order valence-corrected chi connectivity index (χ4v) is 3.38. The number of hydrogen-bond donors (Lipinski definition) is 1. The van der Waals surface area contributed by atoms with Gasteiger partial charge in [-0.2, -0.15) is 0 Å². The van der Waals surface area contributed by atoms with Gasteiger partial charge in [-0.25, -0.2) is 0 Å². The van der Waals surface area contributed by atoms with Crippen molar-refractivity contribution >= 4 is 17.5 Å². The Morgan fingerprint density at radius 2 is 1.90 bits per heavy atom. The molecule has 112 valence electrons. The highest BCUT2D eigenvalue weighted by atomic mass is 16.5. The summed E-state index contributed by atoms with van der Waals surface area (Å²) < 4.78 is 5.36. The molecule has 1 aromatic carbocycles. The fourth-order valence-electron chi connectivity index (χ4n) is 3.38. The predicted octanol–water partition coefficient (Wildman–Crippen LogP) is 1.86. The van der Waals surface area contributed by atoms with Crippen LogP contribution in [0.1, 0.15) is 32.6 Å². The summed E-state index contributed by atoms with van der Waals surface area (Å²) in [5, 5.41) is 2.96. The van der Waals surface area contributed by atoms with Gasteiger partial charge in [0.05, 0.1) is 12.8 Å². The Hall–Kier alpha value is -2.04. The lowest BCUT2D eigenvalue weighted by atomic mass is 9.90.